The molecule has 1 aromatic heterocycles. The Morgan fingerprint density at radius 3 is 2.45 bits per heavy atom. The number of ketones is 1. The number of carbonyl (C=O) groups is 2. The molecule has 2 aliphatic heterocycles. The molecule has 1 amide bonds. The molecule has 2 fully saturated rings. The third kappa shape index (κ3) is 5.09. The fraction of sp³-hybridized carbons (Fsp3) is 0.714. The van der Waals surface area contributed by atoms with Crippen molar-refractivity contribution in [1.29, 1.82) is 0 Å². The van der Waals surface area contributed by atoms with Gasteiger partial charge in [-0.2, -0.15) is 0 Å². The highest BCUT2D eigenvalue weighted by Crippen LogP contribution is 2.29. The maximum Gasteiger partial charge on any atom is 0.223 e. The van der Waals surface area contributed by atoms with Gasteiger partial charge in [-0.25, -0.2) is 8.42 Å². The van der Waals surface area contributed by atoms with Crippen molar-refractivity contribution in [2.45, 2.75) is 52.5 Å². The molecule has 1 atom stereocenters. The van der Waals surface area contributed by atoms with E-state index in [-0.39, 0.29) is 35.2 Å². The smallest absolute Gasteiger partial charge is 0.223 e. The lowest BCUT2D eigenvalue weighted by molar-refractivity contribution is -0.126. The first-order valence-corrected chi connectivity index (χ1v) is 12.5. The molecule has 162 valence electrons. The Morgan fingerprint density at radius 1 is 1.17 bits per heavy atom. The number of sulfone groups is 1. The van der Waals surface area contributed by atoms with Crippen LogP contribution in [0.15, 0.2) is 6.07 Å². The summed E-state index contributed by atoms with van der Waals surface area (Å²) in [5.74, 6) is 0.623. The van der Waals surface area contributed by atoms with Gasteiger partial charge in [0.2, 0.25) is 5.91 Å². The standard InChI is InChI=1S/C21H33N3O4S/c1-4-8-22-21(26)17-5-9-23(10-6-17)13-20(25)19-12-15(2)24(16(19)3)18-7-11-29(27,28)14-18/h12,17-18H,4-11,13-14H2,1-3H3,(H,22,26). The maximum atomic E-state index is 12.9. The molecule has 2 aliphatic rings. The number of aryl methyl sites for hydroxylation is 1. The first-order valence-electron chi connectivity index (χ1n) is 10.6. The summed E-state index contributed by atoms with van der Waals surface area (Å²) in [6.07, 6.45) is 3.10. The number of hydrogen-bond acceptors (Lipinski definition) is 5. The highest BCUT2D eigenvalue weighted by atomic mass is 32.2. The monoisotopic (exact) mass is 423 g/mol. The van der Waals surface area contributed by atoms with E-state index in [4.69, 9.17) is 0 Å². The maximum absolute atomic E-state index is 12.9. The minimum atomic E-state index is -2.98. The van der Waals surface area contributed by atoms with E-state index >= 15 is 0 Å². The van der Waals surface area contributed by atoms with Gasteiger partial charge in [-0.1, -0.05) is 6.92 Å². The van der Waals surface area contributed by atoms with Gasteiger partial charge in [-0.15, -0.1) is 0 Å². The van der Waals surface area contributed by atoms with Crippen LogP contribution in [0.25, 0.3) is 0 Å². The summed E-state index contributed by atoms with van der Waals surface area (Å²) < 4.78 is 25.7. The number of hydrogen-bond donors (Lipinski definition) is 1. The summed E-state index contributed by atoms with van der Waals surface area (Å²) in [5.41, 5.74) is 2.50. The fourth-order valence-corrected chi connectivity index (χ4v) is 6.33. The van der Waals surface area contributed by atoms with E-state index in [1.54, 1.807) is 0 Å². The second kappa shape index (κ2) is 9.00. The Kier molecular flexibility index (Phi) is 6.83. The van der Waals surface area contributed by atoms with Crippen LogP contribution >= 0.6 is 0 Å². The van der Waals surface area contributed by atoms with Crippen molar-refractivity contribution < 1.29 is 18.0 Å². The van der Waals surface area contributed by atoms with Crippen molar-refractivity contribution in [3.63, 3.8) is 0 Å². The van der Waals surface area contributed by atoms with E-state index in [1.165, 1.54) is 0 Å². The van der Waals surface area contributed by atoms with Crippen LogP contribution in [0.5, 0.6) is 0 Å². The highest BCUT2D eigenvalue weighted by Gasteiger charge is 2.32. The van der Waals surface area contributed by atoms with Gasteiger partial charge in [0, 0.05) is 35.5 Å². The van der Waals surface area contributed by atoms with Crippen molar-refractivity contribution in [1.82, 2.24) is 14.8 Å². The third-order valence-corrected chi connectivity index (χ3v) is 7.98. The molecule has 0 aliphatic carbocycles. The predicted octanol–water partition coefficient (Wildman–Crippen LogP) is 1.89. The van der Waals surface area contributed by atoms with E-state index in [0.29, 0.717) is 18.5 Å². The van der Waals surface area contributed by atoms with Crippen LogP contribution in [-0.2, 0) is 14.6 Å². The molecule has 0 spiro atoms. The number of nitrogens with zero attached hydrogens (tertiary/aromatic N) is 2. The lowest BCUT2D eigenvalue weighted by atomic mass is 9.95. The molecular weight excluding hydrogens is 390 g/mol. The van der Waals surface area contributed by atoms with Crippen LogP contribution in [0.1, 0.15) is 60.4 Å². The predicted molar refractivity (Wildman–Crippen MR) is 113 cm³/mol. The van der Waals surface area contributed by atoms with Crippen LogP contribution < -0.4 is 5.32 Å². The van der Waals surface area contributed by atoms with Gasteiger partial charge in [0.05, 0.1) is 18.1 Å². The molecular formula is C21H33N3O4S. The summed E-state index contributed by atoms with van der Waals surface area (Å²) >= 11 is 0. The van der Waals surface area contributed by atoms with Crippen LogP contribution in [-0.4, -0.2) is 67.3 Å². The third-order valence-electron chi connectivity index (χ3n) is 6.23. The molecule has 1 N–H and O–H groups in total. The first-order chi connectivity index (χ1) is 13.7. The van der Waals surface area contributed by atoms with E-state index in [9.17, 15) is 18.0 Å². The molecule has 1 aromatic rings. The fourth-order valence-electron chi connectivity index (χ4n) is 4.63. The summed E-state index contributed by atoms with van der Waals surface area (Å²) in [6.45, 7) is 8.44. The largest absolute Gasteiger partial charge is 0.356 e. The molecule has 7 nitrogen and oxygen atoms in total. The van der Waals surface area contributed by atoms with Crippen molar-refractivity contribution in [2.24, 2.45) is 5.92 Å². The zero-order chi connectivity index (χ0) is 21.2. The second-order valence-electron chi connectivity index (χ2n) is 8.48. The molecule has 29 heavy (non-hydrogen) atoms. The number of carbonyl (C=O) groups excluding carboxylic acids is 2. The zero-order valence-electron chi connectivity index (χ0n) is 17.7. The van der Waals surface area contributed by atoms with Crippen LogP contribution in [0.4, 0.5) is 0 Å². The van der Waals surface area contributed by atoms with Gasteiger partial charge in [0.15, 0.2) is 15.6 Å². The van der Waals surface area contributed by atoms with E-state index in [2.05, 4.69) is 10.2 Å². The lowest BCUT2D eigenvalue weighted by Crippen LogP contribution is -2.42. The van der Waals surface area contributed by atoms with E-state index in [1.807, 2.05) is 31.4 Å². The molecule has 1 unspecified atom stereocenters. The van der Waals surface area contributed by atoms with Gasteiger partial charge in [-0.05, 0) is 58.7 Å². The summed E-state index contributed by atoms with van der Waals surface area (Å²) in [4.78, 5) is 27.2. The summed E-state index contributed by atoms with van der Waals surface area (Å²) in [5, 5.41) is 2.96. The lowest BCUT2D eigenvalue weighted by Gasteiger charge is -2.30. The first kappa shape index (κ1) is 22.0. The number of amides is 1. The van der Waals surface area contributed by atoms with Gasteiger partial charge < -0.3 is 9.88 Å². The van der Waals surface area contributed by atoms with Gasteiger partial charge in [-0.3, -0.25) is 14.5 Å². The number of piperidine rings is 1. The average Bonchev–Trinajstić information content (AvgIpc) is 3.18. The minimum Gasteiger partial charge on any atom is -0.356 e. The van der Waals surface area contributed by atoms with Crippen LogP contribution in [0, 0.1) is 19.8 Å². The Hall–Kier alpha value is -1.67. The number of likely N-dealkylation sites (tertiary alicyclic amines) is 1. The average molecular weight is 424 g/mol. The number of aromatic nitrogens is 1. The molecule has 8 heteroatoms. The van der Waals surface area contributed by atoms with Gasteiger partial charge in [0.1, 0.15) is 0 Å². The SMILES string of the molecule is CCCNC(=O)C1CCN(CC(=O)c2cc(C)n(C3CCS(=O)(=O)C3)c2C)CC1. The normalized spacial score (nSPS) is 22.7. The Bertz CT molecular complexity index is 867. The second-order valence-corrected chi connectivity index (χ2v) is 10.7. The van der Waals surface area contributed by atoms with E-state index < -0.39 is 9.84 Å². The highest BCUT2D eigenvalue weighted by molar-refractivity contribution is 7.91. The molecule has 0 bridgehead atoms. The van der Waals surface area contributed by atoms with Crippen molar-refractivity contribution >= 4 is 21.5 Å². The Balaban J connectivity index is 1.60. The van der Waals surface area contributed by atoms with Crippen molar-refractivity contribution in [3.8, 4) is 0 Å². The van der Waals surface area contributed by atoms with Gasteiger partial charge >= 0.3 is 0 Å². The summed E-state index contributed by atoms with van der Waals surface area (Å²) in [6, 6.07) is 1.83. The van der Waals surface area contributed by atoms with Gasteiger partial charge in [0.25, 0.3) is 0 Å². The number of rotatable bonds is 7. The Morgan fingerprint density at radius 2 is 1.86 bits per heavy atom. The molecule has 3 rings (SSSR count). The van der Waals surface area contributed by atoms with Crippen LogP contribution in [0.3, 0.4) is 0 Å². The molecule has 0 radical (unpaired) electrons. The van der Waals surface area contributed by atoms with Crippen molar-refractivity contribution in [3.05, 3.63) is 23.0 Å². The molecule has 0 aromatic carbocycles. The molecule has 2 saturated heterocycles. The topological polar surface area (TPSA) is 88.5 Å². The number of nitrogens with one attached hydrogen (secondary N) is 1. The molecule has 3 heterocycles. The quantitative estimate of drug-likeness (QED) is 0.677. The van der Waals surface area contributed by atoms with Crippen LogP contribution in [0.2, 0.25) is 0 Å². The summed E-state index contributed by atoms with van der Waals surface area (Å²) in [7, 11) is -2.98. The minimum absolute atomic E-state index is 0.0438. The van der Waals surface area contributed by atoms with Crippen molar-refractivity contribution in [2.75, 3.05) is 37.7 Å². The van der Waals surface area contributed by atoms with E-state index in [0.717, 1.165) is 50.3 Å². The zero-order valence-corrected chi connectivity index (χ0v) is 18.6. The number of Topliss-reactive ketones (excluding diaryl/α,β-unsaturated/α-hetero) is 1. The Labute approximate surface area is 173 Å². The molecule has 0 saturated carbocycles.